The van der Waals surface area contributed by atoms with Gasteiger partial charge in [-0.2, -0.15) is 11.8 Å². The molecule has 0 unspecified atom stereocenters. The van der Waals surface area contributed by atoms with Crippen LogP contribution in [-0.4, -0.2) is 40.1 Å². The number of thioether (sulfide) groups is 1. The molecule has 0 radical (unpaired) electrons. The average molecular weight is 275 g/mol. The maximum absolute atomic E-state index is 12.1. The molecular formula is C14H17N3OS. The summed E-state index contributed by atoms with van der Waals surface area (Å²) in [4.78, 5) is 14.0. The van der Waals surface area contributed by atoms with Crippen molar-refractivity contribution < 1.29 is 4.79 Å². The van der Waals surface area contributed by atoms with Crippen molar-refractivity contribution in [3.8, 4) is 0 Å². The molecule has 0 spiro atoms. The van der Waals surface area contributed by atoms with Gasteiger partial charge in [-0.1, -0.05) is 0 Å². The first-order valence-corrected chi connectivity index (χ1v) is 7.58. The SMILES string of the molecule is Cn1ccc2cc(NC(=O)N3CCSCC3)ccc21. The van der Waals surface area contributed by atoms with E-state index in [0.29, 0.717) is 0 Å². The van der Waals surface area contributed by atoms with Crippen molar-refractivity contribution in [2.45, 2.75) is 0 Å². The lowest BCUT2D eigenvalue weighted by atomic mass is 10.2. The number of fused-ring (bicyclic) bond motifs is 1. The van der Waals surface area contributed by atoms with Crippen LogP contribution in [0.3, 0.4) is 0 Å². The number of hydrogen-bond donors (Lipinski definition) is 1. The summed E-state index contributed by atoms with van der Waals surface area (Å²) in [6, 6.07) is 8.08. The molecule has 0 aliphatic carbocycles. The summed E-state index contributed by atoms with van der Waals surface area (Å²) in [6.07, 6.45) is 2.03. The first kappa shape index (κ1) is 12.4. The summed E-state index contributed by atoms with van der Waals surface area (Å²) >= 11 is 1.90. The monoisotopic (exact) mass is 275 g/mol. The molecular weight excluding hydrogens is 258 g/mol. The molecule has 1 aliphatic heterocycles. The fourth-order valence-electron chi connectivity index (χ4n) is 2.33. The van der Waals surface area contributed by atoms with Gasteiger partial charge in [0.05, 0.1) is 0 Å². The molecule has 3 rings (SSSR count). The van der Waals surface area contributed by atoms with Crippen LogP contribution in [0.15, 0.2) is 30.5 Å². The van der Waals surface area contributed by atoms with E-state index >= 15 is 0 Å². The van der Waals surface area contributed by atoms with Gasteiger partial charge in [-0.3, -0.25) is 0 Å². The third kappa shape index (κ3) is 2.56. The molecule has 19 heavy (non-hydrogen) atoms. The molecule has 0 bridgehead atoms. The summed E-state index contributed by atoms with van der Waals surface area (Å²) in [6.45, 7) is 1.67. The van der Waals surface area contributed by atoms with E-state index in [1.165, 1.54) is 5.52 Å². The van der Waals surface area contributed by atoms with Crippen LogP contribution in [-0.2, 0) is 7.05 Å². The standard InChI is InChI=1S/C14H17N3OS/c1-16-5-4-11-10-12(2-3-13(11)16)15-14(18)17-6-8-19-9-7-17/h2-5,10H,6-9H2,1H3,(H,15,18). The number of anilines is 1. The zero-order valence-electron chi connectivity index (χ0n) is 10.9. The number of hydrogen-bond acceptors (Lipinski definition) is 2. The summed E-state index contributed by atoms with van der Waals surface area (Å²) < 4.78 is 2.07. The third-order valence-corrected chi connectivity index (χ3v) is 4.38. The minimum absolute atomic E-state index is 0.00980. The summed E-state index contributed by atoms with van der Waals surface area (Å²) in [5, 5.41) is 4.13. The van der Waals surface area contributed by atoms with Gasteiger partial charge in [0.2, 0.25) is 0 Å². The molecule has 0 atom stereocenters. The van der Waals surface area contributed by atoms with Gasteiger partial charge in [0.1, 0.15) is 0 Å². The fraction of sp³-hybridized carbons (Fsp3) is 0.357. The lowest BCUT2D eigenvalue weighted by Crippen LogP contribution is -2.40. The van der Waals surface area contributed by atoms with Crippen molar-refractivity contribution in [3.63, 3.8) is 0 Å². The maximum atomic E-state index is 12.1. The Morgan fingerprint density at radius 3 is 2.84 bits per heavy atom. The van der Waals surface area contributed by atoms with Crippen molar-refractivity contribution in [3.05, 3.63) is 30.5 Å². The number of nitrogens with zero attached hydrogens (tertiary/aromatic N) is 2. The van der Waals surface area contributed by atoms with Gasteiger partial charge in [0.15, 0.2) is 0 Å². The average Bonchev–Trinajstić information content (AvgIpc) is 2.81. The van der Waals surface area contributed by atoms with Crippen LogP contribution in [0, 0.1) is 0 Å². The van der Waals surface area contributed by atoms with Gasteiger partial charge < -0.3 is 14.8 Å². The third-order valence-electron chi connectivity index (χ3n) is 3.43. The Morgan fingerprint density at radius 2 is 2.05 bits per heavy atom. The van der Waals surface area contributed by atoms with Crippen LogP contribution < -0.4 is 5.32 Å². The molecule has 1 fully saturated rings. The van der Waals surface area contributed by atoms with E-state index in [-0.39, 0.29) is 6.03 Å². The van der Waals surface area contributed by atoms with Crippen LogP contribution in [0.4, 0.5) is 10.5 Å². The molecule has 1 aromatic carbocycles. The molecule has 1 aromatic heterocycles. The van der Waals surface area contributed by atoms with Crippen LogP contribution in [0.5, 0.6) is 0 Å². The second kappa shape index (κ2) is 5.17. The van der Waals surface area contributed by atoms with Gasteiger partial charge in [0.25, 0.3) is 0 Å². The predicted octanol–water partition coefficient (Wildman–Crippen LogP) is 2.76. The fourth-order valence-corrected chi connectivity index (χ4v) is 3.23. The lowest BCUT2D eigenvalue weighted by Gasteiger charge is -2.26. The van der Waals surface area contributed by atoms with Crippen LogP contribution >= 0.6 is 11.8 Å². The van der Waals surface area contributed by atoms with E-state index < -0.39 is 0 Å². The normalized spacial score (nSPS) is 15.7. The molecule has 4 nitrogen and oxygen atoms in total. The predicted molar refractivity (Wildman–Crippen MR) is 80.8 cm³/mol. The Hall–Kier alpha value is -1.62. The number of benzene rings is 1. The van der Waals surface area contributed by atoms with Crippen molar-refractivity contribution >= 4 is 34.4 Å². The van der Waals surface area contributed by atoms with Crippen LogP contribution in [0.25, 0.3) is 10.9 Å². The Kier molecular flexibility index (Phi) is 3.38. The number of urea groups is 1. The van der Waals surface area contributed by atoms with E-state index in [1.807, 2.05) is 48.1 Å². The van der Waals surface area contributed by atoms with Gasteiger partial charge in [-0.25, -0.2) is 4.79 Å². The number of aryl methyl sites for hydroxylation is 1. The van der Waals surface area contributed by atoms with Crippen molar-refractivity contribution in [2.75, 3.05) is 29.9 Å². The van der Waals surface area contributed by atoms with Crippen molar-refractivity contribution in [1.29, 1.82) is 0 Å². The molecule has 1 N–H and O–H groups in total. The molecule has 0 saturated carbocycles. The first-order valence-electron chi connectivity index (χ1n) is 6.43. The largest absolute Gasteiger partial charge is 0.351 e. The minimum Gasteiger partial charge on any atom is -0.351 e. The molecule has 2 heterocycles. The Morgan fingerprint density at radius 1 is 1.26 bits per heavy atom. The van der Waals surface area contributed by atoms with E-state index in [0.717, 1.165) is 35.7 Å². The summed E-state index contributed by atoms with van der Waals surface area (Å²) in [5.41, 5.74) is 2.04. The molecule has 2 amide bonds. The maximum Gasteiger partial charge on any atom is 0.321 e. The van der Waals surface area contributed by atoms with E-state index in [4.69, 9.17) is 0 Å². The summed E-state index contributed by atoms with van der Waals surface area (Å²) in [7, 11) is 2.02. The lowest BCUT2D eigenvalue weighted by molar-refractivity contribution is 0.217. The van der Waals surface area contributed by atoms with E-state index in [1.54, 1.807) is 0 Å². The highest BCUT2D eigenvalue weighted by molar-refractivity contribution is 7.99. The number of amides is 2. The topological polar surface area (TPSA) is 37.3 Å². The van der Waals surface area contributed by atoms with Crippen LogP contribution in [0.2, 0.25) is 0 Å². The second-order valence-corrected chi connectivity index (χ2v) is 5.95. The highest BCUT2D eigenvalue weighted by Gasteiger charge is 2.16. The van der Waals surface area contributed by atoms with Crippen molar-refractivity contribution in [2.24, 2.45) is 7.05 Å². The smallest absolute Gasteiger partial charge is 0.321 e. The Bertz CT molecular complexity index is 602. The molecule has 1 saturated heterocycles. The minimum atomic E-state index is 0.00980. The van der Waals surface area contributed by atoms with E-state index in [9.17, 15) is 4.79 Å². The second-order valence-electron chi connectivity index (χ2n) is 4.73. The van der Waals surface area contributed by atoms with Gasteiger partial charge in [0, 0.05) is 54.4 Å². The zero-order valence-corrected chi connectivity index (χ0v) is 11.7. The quantitative estimate of drug-likeness (QED) is 0.869. The number of carbonyl (C=O) groups excluding carboxylic acids is 1. The molecule has 100 valence electrons. The van der Waals surface area contributed by atoms with E-state index in [2.05, 4.69) is 16.0 Å². The van der Waals surface area contributed by atoms with Gasteiger partial charge in [-0.15, -0.1) is 0 Å². The molecule has 1 aliphatic rings. The highest BCUT2D eigenvalue weighted by Crippen LogP contribution is 2.20. The van der Waals surface area contributed by atoms with Gasteiger partial charge >= 0.3 is 6.03 Å². The van der Waals surface area contributed by atoms with Crippen molar-refractivity contribution in [1.82, 2.24) is 9.47 Å². The van der Waals surface area contributed by atoms with Crippen LogP contribution in [0.1, 0.15) is 0 Å². The molecule has 2 aromatic rings. The zero-order chi connectivity index (χ0) is 13.2. The Balaban J connectivity index is 1.75. The molecule has 5 heteroatoms. The first-order chi connectivity index (χ1) is 9.24. The summed E-state index contributed by atoms with van der Waals surface area (Å²) in [5.74, 6) is 2.07. The highest BCUT2D eigenvalue weighted by atomic mass is 32.2. The number of nitrogens with one attached hydrogen (secondary N) is 1. The van der Waals surface area contributed by atoms with Gasteiger partial charge in [-0.05, 0) is 24.3 Å². The Labute approximate surface area is 116 Å². The number of aromatic nitrogens is 1. The number of rotatable bonds is 1. The number of carbonyl (C=O) groups is 1.